The molecule has 0 aliphatic heterocycles. The fraction of sp³-hybridized carbons (Fsp3) is 0.300. The highest BCUT2D eigenvalue weighted by Gasteiger charge is 2.19. The SMILES string of the molecule is CC(C)(N)c1nc2cc(F)ccc2s1. The Hall–Kier alpha value is -1.00. The van der Waals surface area contributed by atoms with Crippen LogP contribution in [0, 0.1) is 5.82 Å². The van der Waals surface area contributed by atoms with Crippen molar-refractivity contribution in [2.45, 2.75) is 19.4 Å². The highest BCUT2D eigenvalue weighted by atomic mass is 32.1. The first-order valence-electron chi connectivity index (χ1n) is 4.32. The number of hydrogen-bond donors (Lipinski definition) is 1. The monoisotopic (exact) mass is 210 g/mol. The first-order valence-corrected chi connectivity index (χ1v) is 5.14. The molecule has 2 rings (SSSR count). The van der Waals surface area contributed by atoms with Gasteiger partial charge in [0, 0.05) is 6.07 Å². The molecule has 0 spiro atoms. The number of fused-ring (bicyclic) bond motifs is 1. The van der Waals surface area contributed by atoms with Crippen molar-refractivity contribution in [1.29, 1.82) is 0 Å². The number of nitrogens with two attached hydrogens (primary N) is 1. The molecule has 0 saturated carbocycles. The number of rotatable bonds is 1. The summed E-state index contributed by atoms with van der Waals surface area (Å²) >= 11 is 1.51. The van der Waals surface area contributed by atoms with E-state index in [1.807, 2.05) is 13.8 Å². The fourth-order valence-electron chi connectivity index (χ4n) is 1.18. The lowest BCUT2D eigenvalue weighted by Gasteiger charge is -2.13. The molecule has 0 unspecified atom stereocenters. The summed E-state index contributed by atoms with van der Waals surface area (Å²) in [6.07, 6.45) is 0. The van der Waals surface area contributed by atoms with Crippen molar-refractivity contribution in [2.75, 3.05) is 0 Å². The number of thiazole rings is 1. The molecule has 2 aromatic rings. The number of nitrogens with zero attached hydrogens (tertiary/aromatic N) is 1. The molecule has 2 N–H and O–H groups in total. The van der Waals surface area contributed by atoms with Gasteiger partial charge < -0.3 is 5.73 Å². The van der Waals surface area contributed by atoms with Gasteiger partial charge in [0.05, 0.1) is 15.8 Å². The minimum atomic E-state index is -0.458. The third kappa shape index (κ3) is 1.63. The van der Waals surface area contributed by atoms with Crippen LogP contribution in [0.25, 0.3) is 10.2 Å². The predicted molar refractivity (Wildman–Crippen MR) is 56.8 cm³/mol. The molecule has 1 aromatic heterocycles. The maximum absolute atomic E-state index is 12.9. The number of hydrogen-bond acceptors (Lipinski definition) is 3. The number of benzene rings is 1. The molecular formula is C10H11FN2S. The summed E-state index contributed by atoms with van der Waals surface area (Å²) in [6, 6.07) is 4.60. The van der Waals surface area contributed by atoms with Gasteiger partial charge >= 0.3 is 0 Å². The Morgan fingerprint density at radius 3 is 2.79 bits per heavy atom. The topological polar surface area (TPSA) is 38.9 Å². The van der Waals surface area contributed by atoms with Crippen molar-refractivity contribution in [3.8, 4) is 0 Å². The van der Waals surface area contributed by atoms with Gasteiger partial charge in [0.25, 0.3) is 0 Å². The van der Waals surface area contributed by atoms with E-state index >= 15 is 0 Å². The van der Waals surface area contributed by atoms with Gasteiger partial charge in [-0.1, -0.05) is 0 Å². The molecule has 0 aliphatic carbocycles. The molecule has 1 heterocycles. The van der Waals surface area contributed by atoms with Gasteiger partial charge in [0.1, 0.15) is 10.8 Å². The maximum Gasteiger partial charge on any atom is 0.125 e. The van der Waals surface area contributed by atoms with Crippen LogP contribution in [-0.2, 0) is 5.54 Å². The van der Waals surface area contributed by atoms with Gasteiger partial charge in [-0.15, -0.1) is 11.3 Å². The summed E-state index contributed by atoms with van der Waals surface area (Å²) in [5.74, 6) is -0.260. The first kappa shape index (κ1) is 9.55. The minimum absolute atomic E-state index is 0.260. The molecule has 0 aliphatic rings. The zero-order chi connectivity index (χ0) is 10.3. The van der Waals surface area contributed by atoms with Gasteiger partial charge in [0.15, 0.2) is 0 Å². The smallest absolute Gasteiger partial charge is 0.125 e. The van der Waals surface area contributed by atoms with Crippen LogP contribution in [0.5, 0.6) is 0 Å². The van der Waals surface area contributed by atoms with Crippen molar-refractivity contribution in [3.05, 3.63) is 29.0 Å². The summed E-state index contributed by atoms with van der Waals surface area (Å²) < 4.78 is 13.8. The average Bonchev–Trinajstić information content (AvgIpc) is 2.45. The minimum Gasteiger partial charge on any atom is -0.320 e. The summed E-state index contributed by atoms with van der Waals surface area (Å²) in [5, 5.41) is 0.832. The zero-order valence-corrected chi connectivity index (χ0v) is 8.86. The molecule has 0 bridgehead atoms. The van der Waals surface area contributed by atoms with Crippen molar-refractivity contribution in [2.24, 2.45) is 5.73 Å². The molecule has 2 nitrogen and oxygen atoms in total. The number of halogens is 1. The molecule has 0 atom stereocenters. The van der Waals surface area contributed by atoms with E-state index in [1.165, 1.54) is 23.5 Å². The van der Waals surface area contributed by atoms with Crippen LogP contribution in [0.4, 0.5) is 4.39 Å². The van der Waals surface area contributed by atoms with E-state index in [9.17, 15) is 4.39 Å². The Balaban J connectivity index is 2.63. The van der Waals surface area contributed by atoms with Gasteiger partial charge in [-0.3, -0.25) is 0 Å². The van der Waals surface area contributed by atoms with E-state index in [2.05, 4.69) is 4.98 Å². The van der Waals surface area contributed by atoms with Crippen LogP contribution in [-0.4, -0.2) is 4.98 Å². The van der Waals surface area contributed by atoms with Gasteiger partial charge in [-0.2, -0.15) is 0 Å². The number of aromatic nitrogens is 1. The Morgan fingerprint density at radius 1 is 1.43 bits per heavy atom. The van der Waals surface area contributed by atoms with Crippen molar-refractivity contribution in [3.63, 3.8) is 0 Å². The van der Waals surface area contributed by atoms with E-state index in [1.54, 1.807) is 6.07 Å². The van der Waals surface area contributed by atoms with Crippen molar-refractivity contribution in [1.82, 2.24) is 4.98 Å². The highest BCUT2D eigenvalue weighted by Crippen LogP contribution is 2.28. The van der Waals surface area contributed by atoms with Crippen molar-refractivity contribution >= 4 is 21.6 Å². The van der Waals surface area contributed by atoms with Gasteiger partial charge in [-0.25, -0.2) is 9.37 Å². The molecule has 74 valence electrons. The maximum atomic E-state index is 12.9. The quantitative estimate of drug-likeness (QED) is 0.785. The molecule has 0 saturated heterocycles. The Labute approximate surface area is 85.6 Å². The molecular weight excluding hydrogens is 199 g/mol. The Bertz CT molecular complexity index is 470. The summed E-state index contributed by atoms with van der Waals surface area (Å²) in [7, 11) is 0. The lowest BCUT2D eigenvalue weighted by molar-refractivity contribution is 0.551. The first-order chi connectivity index (χ1) is 6.47. The fourth-order valence-corrected chi connectivity index (χ4v) is 2.14. The predicted octanol–water partition coefficient (Wildman–Crippen LogP) is 2.63. The van der Waals surface area contributed by atoms with Gasteiger partial charge in [-0.05, 0) is 26.0 Å². The second kappa shape index (κ2) is 3.00. The lowest BCUT2D eigenvalue weighted by Crippen LogP contribution is -2.28. The summed E-state index contributed by atoms with van der Waals surface area (Å²) in [6.45, 7) is 3.78. The standard InChI is InChI=1S/C10H11FN2S/c1-10(2,12)9-13-7-5-6(11)3-4-8(7)14-9/h3-5H,12H2,1-2H3. The van der Waals surface area contributed by atoms with E-state index in [4.69, 9.17) is 5.73 Å². The Kier molecular flexibility index (Phi) is 2.05. The molecule has 0 fully saturated rings. The second-order valence-electron chi connectivity index (χ2n) is 3.85. The van der Waals surface area contributed by atoms with Crippen LogP contribution in [0.1, 0.15) is 18.9 Å². The summed E-state index contributed by atoms with van der Waals surface area (Å²) in [4.78, 5) is 4.30. The van der Waals surface area contributed by atoms with Crippen LogP contribution >= 0.6 is 11.3 Å². The normalized spacial score (nSPS) is 12.3. The molecule has 14 heavy (non-hydrogen) atoms. The van der Waals surface area contributed by atoms with Crippen LogP contribution in [0.2, 0.25) is 0 Å². The van der Waals surface area contributed by atoms with Crippen LogP contribution in [0.15, 0.2) is 18.2 Å². The molecule has 4 heteroatoms. The van der Waals surface area contributed by atoms with E-state index in [-0.39, 0.29) is 5.82 Å². The Morgan fingerprint density at radius 2 is 2.14 bits per heavy atom. The second-order valence-corrected chi connectivity index (χ2v) is 4.88. The van der Waals surface area contributed by atoms with Crippen LogP contribution < -0.4 is 5.73 Å². The molecule has 0 radical (unpaired) electrons. The largest absolute Gasteiger partial charge is 0.320 e. The zero-order valence-electron chi connectivity index (χ0n) is 8.04. The van der Waals surface area contributed by atoms with Gasteiger partial charge in [0.2, 0.25) is 0 Å². The molecule has 1 aromatic carbocycles. The molecule has 0 amide bonds. The third-order valence-corrected chi connectivity index (χ3v) is 3.28. The highest BCUT2D eigenvalue weighted by molar-refractivity contribution is 7.18. The summed E-state index contributed by atoms with van der Waals surface area (Å²) in [5.41, 5.74) is 6.14. The van der Waals surface area contributed by atoms with E-state index in [0.717, 1.165) is 9.71 Å². The van der Waals surface area contributed by atoms with Crippen LogP contribution in [0.3, 0.4) is 0 Å². The van der Waals surface area contributed by atoms with E-state index < -0.39 is 5.54 Å². The van der Waals surface area contributed by atoms with Crippen molar-refractivity contribution < 1.29 is 4.39 Å². The lowest BCUT2D eigenvalue weighted by atomic mass is 10.1. The van der Waals surface area contributed by atoms with E-state index in [0.29, 0.717) is 5.52 Å². The third-order valence-electron chi connectivity index (χ3n) is 1.90. The average molecular weight is 210 g/mol.